The SMILES string of the molecule is NC(=NC(=O)C(NNOc1cc(Cl)cc(Cl)c1)c1ccc(F)c(Cl)c1)c1ccccc1. The number of carbonyl (C=O) groups is 1. The summed E-state index contributed by atoms with van der Waals surface area (Å²) in [5, 5.41) is 0.574. The predicted octanol–water partition coefficient (Wildman–Crippen LogP) is 4.85. The van der Waals surface area contributed by atoms with E-state index in [-0.39, 0.29) is 10.9 Å². The Bertz CT molecular complexity index is 1090. The predicted molar refractivity (Wildman–Crippen MR) is 120 cm³/mol. The van der Waals surface area contributed by atoms with E-state index < -0.39 is 17.8 Å². The van der Waals surface area contributed by atoms with Gasteiger partial charge in [-0.05, 0) is 23.8 Å². The Morgan fingerprint density at radius 2 is 1.68 bits per heavy atom. The molecule has 1 amide bonds. The van der Waals surface area contributed by atoms with Crippen molar-refractivity contribution in [3.05, 3.63) is 98.7 Å². The number of hydrogen-bond acceptors (Lipinski definition) is 4. The first-order valence-electron chi connectivity index (χ1n) is 8.85. The van der Waals surface area contributed by atoms with Crippen molar-refractivity contribution < 1.29 is 14.0 Å². The fourth-order valence-electron chi connectivity index (χ4n) is 2.57. The molecule has 10 heteroatoms. The topological polar surface area (TPSA) is 88.7 Å². The van der Waals surface area contributed by atoms with E-state index in [1.807, 2.05) is 6.07 Å². The molecule has 31 heavy (non-hydrogen) atoms. The van der Waals surface area contributed by atoms with Crippen LogP contribution in [-0.2, 0) is 4.79 Å². The highest BCUT2D eigenvalue weighted by Gasteiger charge is 2.22. The van der Waals surface area contributed by atoms with Gasteiger partial charge in [-0.2, -0.15) is 4.99 Å². The molecule has 1 unspecified atom stereocenters. The molecule has 0 radical (unpaired) electrons. The second-order valence-corrected chi connectivity index (χ2v) is 7.54. The zero-order valence-electron chi connectivity index (χ0n) is 15.8. The highest BCUT2D eigenvalue weighted by atomic mass is 35.5. The summed E-state index contributed by atoms with van der Waals surface area (Å²) < 4.78 is 13.6. The normalized spacial score (nSPS) is 12.5. The van der Waals surface area contributed by atoms with E-state index in [4.69, 9.17) is 45.4 Å². The number of aliphatic imine (C=N–C) groups is 1. The van der Waals surface area contributed by atoms with Gasteiger partial charge >= 0.3 is 0 Å². The van der Waals surface area contributed by atoms with E-state index in [0.717, 1.165) is 6.07 Å². The Balaban J connectivity index is 1.82. The molecular weight excluding hydrogens is 466 g/mol. The number of amidine groups is 1. The number of nitrogens with zero attached hydrogens (tertiary/aromatic N) is 1. The largest absolute Gasteiger partial charge is 0.394 e. The first-order chi connectivity index (χ1) is 14.8. The molecular formula is C21H16Cl3FN4O2. The maximum atomic E-state index is 13.6. The van der Waals surface area contributed by atoms with Gasteiger partial charge in [-0.15, -0.1) is 0 Å². The van der Waals surface area contributed by atoms with Gasteiger partial charge < -0.3 is 10.6 Å². The third-order valence-corrected chi connectivity index (χ3v) is 4.76. The molecule has 1 atom stereocenters. The summed E-state index contributed by atoms with van der Waals surface area (Å²) in [6.07, 6.45) is 0. The summed E-state index contributed by atoms with van der Waals surface area (Å²) in [7, 11) is 0. The summed E-state index contributed by atoms with van der Waals surface area (Å²) in [6, 6.07) is 16.1. The molecule has 0 fully saturated rings. The van der Waals surface area contributed by atoms with Crippen molar-refractivity contribution in [1.29, 1.82) is 0 Å². The van der Waals surface area contributed by atoms with Crippen LogP contribution in [0.5, 0.6) is 5.75 Å². The lowest BCUT2D eigenvalue weighted by Gasteiger charge is -2.18. The minimum atomic E-state index is -1.10. The van der Waals surface area contributed by atoms with Crippen LogP contribution in [0.4, 0.5) is 4.39 Å². The Labute approximate surface area is 192 Å². The molecule has 0 aliphatic rings. The molecule has 0 bridgehead atoms. The van der Waals surface area contributed by atoms with Crippen molar-refractivity contribution in [2.75, 3.05) is 0 Å². The molecule has 0 aliphatic carbocycles. The quantitative estimate of drug-likeness (QED) is 0.255. The summed E-state index contributed by atoms with van der Waals surface area (Å²) in [5.74, 6) is -0.972. The first-order valence-corrected chi connectivity index (χ1v) is 9.98. The lowest BCUT2D eigenvalue weighted by Crippen LogP contribution is -2.41. The number of halogens is 4. The first kappa shape index (κ1) is 23.0. The van der Waals surface area contributed by atoms with Gasteiger partial charge in [0.05, 0.1) is 5.02 Å². The van der Waals surface area contributed by atoms with Crippen molar-refractivity contribution in [3.8, 4) is 5.75 Å². The number of carbonyl (C=O) groups excluding carboxylic acids is 1. The van der Waals surface area contributed by atoms with E-state index >= 15 is 0 Å². The van der Waals surface area contributed by atoms with Crippen LogP contribution < -0.4 is 21.6 Å². The van der Waals surface area contributed by atoms with Crippen molar-refractivity contribution in [2.45, 2.75) is 6.04 Å². The Morgan fingerprint density at radius 1 is 1.00 bits per heavy atom. The van der Waals surface area contributed by atoms with E-state index in [1.54, 1.807) is 24.3 Å². The molecule has 4 N–H and O–H groups in total. The second-order valence-electron chi connectivity index (χ2n) is 6.26. The molecule has 0 aliphatic heterocycles. The van der Waals surface area contributed by atoms with Crippen molar-refractivity contribution >= 4 is 46.5 Å². The number of nitrogens with one attached hydrogen (secondary N) is 2. The molecule has 6 nitrogen and oxygen atoms in total. The molecule has 0 saturated carbocycles. The summed E-state index contributed by atoms with van der Waals surface area (Å²) in [6.45, 7) is 0. The highest BCUT2D eigenvalue weighted by Crippen LogP contribution is 2.24. The highest BCUT2D eigenvalue weighted by molar-refractivity contribution is 6.34. The van der Waals surface area contributed by atoms with Gasteiger partial charge in [-0.3, -0.25) is 4.79 Å². The second kappa shape index (κ2) is 10.6. The number of hydrazine groups is 1. The Morgan fingerprint density at radius 3 is 2.32 bits per heavy atom. The molecule has 3 aromatic carbocycles. The molecule has 0 heterocycles. The van der Waals surface area contributed by atoms with Gasteiger partial charge in [0.1, 0.15) is 17.7 Å². The Hall–Kier alpha value is -2.68. The Kier molecular flexibility index (Phi) is 7.84. The third kappa shape index (κ3) is 6.40. The maximum Gasteiger partial charge on any atom is 0.270 e. The van der Waals surface area contributed by atoms with Crippen LogP contribution in [-0.4, -0.2) is 11.7 Å². The van der Waals surface area contributed by atoms with E-state index in [0.29, 0.717) is 26.9 Å². The molecule has 0 aromatic heterocycles. The summed E-state index contributed by atoms with van der Waals surface area (Å²) in [4.78, 5) is 22.2. The average Bonchev–Trinajstić information content (AvgIpc) is 2.73. The monoisotopic (exact) mass is 480 g/mol. The number of rotatable bonds is 7. The van der Waals surface area contributed by atoms with Crippen LogP contribution in [0.3, 0.4) is 0 Å². The van der Waals surface area contributed by atoms with Gasteiger partial charge in [0, 0.05) is 27.7 Å². The smallest absolute Gasteiger partial charge is 0.270 e. The van der Waals surface area contributed by atoms with Crippen LogP contribution in [0.25, 0.3) is 0 Å². The van der Waals surface area contributed by atoms with E-state index in [2.05, 4.69) is 16.0 Å². The van der Waals surface area contributed by atoms with Crippen LogP contribution in [0, 0.1) is 5.82 Å². The fourth-order valence-corrected chi connectivity index (χ4v) is 3.27. The molecule has 3 rings (SSSR count). The van der Waals surface area contributed by atoms with Crippen LogP contribution in [0.2, 0.25) is 15.1 Å². The van der Waals surface area contributed by atoms with Gasteiger partial charge in [0.2, 0.25) is 0 Å². The van der Waals surface area contributed by atoms with Crippen LogP contribution in [0.1, 0.15) is 17.2 Å². The molecule has 0 saturated heterocycles. The minimum absolute atomic E-state index is 0.0214. The van der Waals surface area contributed by atoms with E-state index in [9.17, 15) is 9.18 Å². The van der Waals surface area contributed by atoms with Crippen molar-refractivity contribution in [2.24, 2.45) is 10.7 Å². The fraction of sp³-hybridized carbons (Fsp3) is 0.0476. The standard InChI is InChI=1S/C21H16Cl3FN4O2/c22-14-9-15(23)11-16(10-14)31-29-28-19(13-6-7-18(25)17(24)8-13)21(30)27-20(26)12-4-2-1-3-5-12/h1-11,19,28-29H,(H2,26,27,30). The van der Waals surface area contributed by atoms with Gasteiger partial charge in [0.25, 0.3) is 5.91 Å². The van der Waals surface area contributed by atoms with Crippen LogP contribution >= 0.6 is 34.8 Å². The molecule has 0 spiro atoms. The minimum Gasteiger partial charge on any atom is -0.394 e. The molecule has 3 aromatic rings. The number of benzene rings is 3. The van der Waals surface area contributed by atoms with Crippen molar-refractivity contribution in [3.63, 3.8) is 0 Å². The zero-order chi connectivity index (χ0) is 22.4. The van der Waals surface area contributed by atoms with Gasteiger partial charge in [-0.1, -0.05) is 76.8 Å². The summed E-state index contributed by atoms with van der Waals surface area (Å²) in [5.41, 5.74) is 12.0. The third-order valence-electron chi connectivity index (χ3n) is 4.03. The maximum absolute atomic E-state index is 13.6. The lowest BCUT2D eigenvalue weighted by molar-refractivity contribution is -0.120. The van der Waals surface area contributed by atoms with E-state index in [1.165, 1.54) is 30.3 Å². The van der Waals surface area contributed by atoms with Gasteiger partial charge in [0.15, 0.2) is 5.75 Å². The number of amides is 1. The number of nitrogens with two attached hydrogens (primary N) is 1. The summed E-state index contributed by atoms with van der Waals surface area (Å²) >= 11 is 17.7. The average molecular weight is 482 g/mol. The van der Waals surface area contributed by atoms with Crippen molar-refractivity contribution in [1.82, 2.24) is 11.0 Å². The lowest BCUT2D eigenvalue weighted by atomic mass is 10.1. The molecule has 160 valence electrons. The van der Waals surface area contributed by atoms with Gasteiger partial charge in [-0.25, -0.2) is 9.82 Å². The number of hydrogen-bond donors (Lipinski definition) is 3. The zero-order valence-corrected chi connectivity index (χ0v) is 18.0. The van der Waals surface area contributed by atoms with Crippen LogP contribution in [0.15, 0.2) is 71.7 Å².